The number of rotatable bonds is 4. The van der Waals surface area contributed by atoms with Crippen LogP contribution in [0.25, 0.3) is 0 Å². The van der Waals surface area contributed by atoms with Crippen LogP contribution in [0.1, 0.15) is 89.9 Å². The van der Waals surface area contributed by atoms with Crippen molar-refractivity contribution in [3.05, 3.63) is 0 Å². The van der Waals surface area contributed by atoms with Crippen molar-refractivity contribution in [3.63, 3.8) is 0 Å². The fourth-order valence-electron chi connectivity index (χ4n) is 5.11. The lowest BCUT2D eigenvalue weighted by Gasteiger charge is -2.32. The summed E-state index contributed by atoms with van der Waals surface area (Å²) in [7, 11) is 0. The molecule has 0 aromatic carbocycles. The molecule has 2 nitrogen and oxygen atoms in total. The maximum absolute atomic E-state index is 3.80. The van der Waals surface area contributed by atoms with Gasteiger partial charge < -0.3 is 10.6 Å². The van der Waals surface area contributed by atoms with Gasteiger partial charge >= 0.3 is 0 Å². The van der Waals surface area contributed by atoms with Crippen molar-refractivity contribution in [1.29, 1.82) is 0 Å². The van der Waals surface area contributed by atoms with E-state index in [-0.39, 0.29) is 0 Å². The molecule has 22 heavy (non-hydrogen) atoms. The summed E-state index contributed by atoms with van der Waals surface area (Å²) in [5, 5.41) is 7.61. The van der Waals surface area contributed by atoms with Gasteiger partial charge in [0.1, 0.15) is 0 Å². The van der Waals surface area contributed by atoms with Crippen LogP contribution in [0.2, 0.25) is 0 Å². The number of hydrogen-bond donors (Lipinski definition) is 2. The summed E-state index contributed by atoms with van der Waals surface area (Å²) in [6.07, 6.45) is 20.5. The molecule has 2 atom stereocenters. The second-order valence-electron chi connectivity index (χ2n) is 8.36. The first kappa shape index (κ1) is 16.8. The molecule has 2 N–H and O–H groups in total. The smallest absolute Gasteiger partial charge is 0.00697 e. The number of hydrogen-bond acceptors (Lipinski definition) is 2. The minimum atomic E-state index is 0.840. The summed E-state index contributed by atoms with van der Waals surface area (Å²) >= 11 is 0. The minimum absolute atomic E-state index is 0.840. The van der Waals surface area contributed by atoms with E-state index < -0.39 is 0 Å². The van der Waals surface area contributed by atoms with Crippen LogP contribution in [0.3, 0.4) is 0 Å². The second kappa shape index (κ2) is 9.27. The Labute approximate surface area is 138 Å². The highest BCUT2D eigenvalue weighted by Gasteiger charge is 2.26. The highest BCUT2D eigenvalue weighted by atomic mass is 14.9. The fourth-order valence-corrected chi connectivity index (χ4v) is 5.11. The standard InChI is InChI=1S/C20H38N2/c1-3-7-19(21-13-5-1)15-17-9-11-18(12-10-17)16-20-8-4-2-6-14-22-20/h17-22H,1-16H2. The maximum atomic E-state index is 3.80. The molecule has 2 unspecified atom stereocenters. The van der Waals surface area contributed by atoms with Gasteiger partial charge in [-0.15, -0.1) is 0 Å². The van der Waals surface area contributed by atoms with E-state index in [0.717, 1.165) is 23.9 Å². The Morgan fingerprint density at radius 3 is 1.41 bits per heavy atom. The van der Waals surface area contributed by atoms with Gasteiger partial charge in [-0.1, -0.05) is 51.4 Å². The first-order valence-electron chi connectivity index (χ1n) is 10.4. The van der Waals surface area contributed by atoms with E-state index in [0.29, 0.717) is 0 Å². The van der Waals surface area contributed by atoms with Crippen molar-refractivity contribution in [3.8, 4) is 0 Å². The molecule has 0 aromatic rings. The molecule has 0 aromatic heterocycles. The molecular formula is C20H38N2. The highest BCUT2D eigenvalue weighted by Crippen LogP contribution is 2.35. The molecule has 0 spiro atoms. The van der Waals surface area contributed by atoms with E-state index in [1.165, 1.54) is 103 Å². The summed E-state index contributed by atoms with van der Waals surface area (Å²) < 4.78 is 0. The first-order valence-corrected chi connectivity index (χ1v) is 10.4. The summed E-state index contributed by atoms with van der Waals surface area (Å²) in [5.41, 5.74) is 0. The Bertz CT molecular complexity index is 250. The van der Waals surface area contributed by atoms with Crippen molar-refractivity contribution in [1.82, 2.24) is 10.6 Å². The third-order valence-electron chi connectivity index (χ3n) is 6.53. The third kappa shape index (κ3) is 5.53. The first-order chi connectivity index (χ1) is 10.9. The lowest BCUT2D eigenvalue weighted by molar-refractivity contribution is 0.218. The van der Waals surface area contributed by atoms with Crippen LogP contribution >= 0.6 is 0 Å². The van der Waals surface area contributed by atoms with Crippen LogP contribution < -0.4 is 10.6 Å². The molecule has 0 amide bonds. The lowest BCUT2D eigenvalue weighted by atomic mass is 9.76. The van der Waals surface area contributed by atoms with Crippen LogP contribution in [-0.4, -0.2) is 25.2 Å². The molecule has 1 aliphatic carbocycles. The summed E-state index contributed by atoms with van der Waals surface area (Å²) in [5.74, 6) is 2.04. The highest BCUT2D eigenvalue weighted by molar-refractivity contribution is 4.82. The predicted octanol–water partition coefficient (Wildman–Crippen LogP) is 4.64. The summed E-state index contributed by atoms with van der Waals surface area (Å²) in [4.78, 5) is 0. The zero-order valence-corrected chi connectivity index (χ0v) is 14.6. The quantitative estimate of drug-likeness (QED) is 0.791. The summed E-state index contributed by atoms with van der Waals surface area (Å²) in [6, 6.07) is 1.68. The zero-order valence-electron chi connectivity index (χ0n) is 14.6. The van der Waals surface area contributed by atoms with E-state index in [4.69, 9.17) is 0 Å². The second-order valence-corrected chi connectivity index (χ2v) is 8.36. The van der Waals surface area contributed by atoms with Gasteiger partial charge in [0.25, 0.3) is 0 Å². The molecule has 2 heterocycles. The molecule has 0 radical (unpaired) electrons. The Morgan fingerprint density at radius 2 is 0.955 bits per heavy atom. The average Bonchev–Trinajstić information content (AvgIpc) is 2.94. The van der Waals surface area contributed by atoms with Gasteiger partial charge in [0.05, 0.1) is 0 Å². The Morgan fingerprint density at radius 1 is 0.500 bits per heavy atom. The van der Waals surface area contributed by atoms with Crippen molar-refractivity contribution < 1.29 is 0 Å². The number of nitrogens with one attached hydrogen (secondary N) is 2. The molecule has 1 saturated carbocycles. The molecular weight excluding hydrogens is 268 g/mol. The molecule has 3 rings (SSSR count). The largest absolute Gasteiger partial charge is 0.314 e. The summed E-state index contributed by atoms with van der Waals surface area (Å²) in [6.45, 7) is 2.54. The van der Waals surface area contributed by atoms with Crippen LogP contribution in [0, 0.1) is 11.8 Å². The predicted molar refractivity (Wildman–Crippen MR) is 95.2 cm³/mol. The van der Waals surface area contributed by atoms with E-state index in [1.807, 2.05) is 0 Å². The van der Waals surface area contributed by atoms with Crippen LogP contribution in [0.4, 0.5) is 0 Å². The van der Waals surface area contributed by atoms with Gasteiger partial charge in [-0.3, -0.25) is 0 Å². The van der Waals surface area contributed by atoms with E-state index >= 15 is 0 Å². The van der Waals surface area contributed by atoms with Crippen molar-refractivity contribution in [2.75, 3.05) is 13.1 Å². The van der Waals surface area contributed by atoms with Gasteiger partial charge in [0.15, 0.2) is 0 Å². The molecule has 2 heteroatoms. The molecule has 2 saturated heterocycles. The van der Waals surface area contributed by atoms with Gasteiger partial charge in [0, 0.05) is 12.1 Å². The third-order valence-corrected chi connectivity index (χ3v) is 6.53. The van der Waals surface area contributed by atoms with Crippen LogP contribution in [0.5, 0.6) is 0 Å². The SMILES string of the molecule is C1CCNC(CC2CCC(CC3CCCCCN3)CC2)CC1. The molecule has 2 aliphatic heterocycles. The molecule has 128 valence electrons. The Balaban J connectivity index is 1.34. The van der Waals surface area contributed by atoms with Gasteiger partial charge in [-0.2, -0.15) is 0 Å². The molecule has 3 aliphatic rings. The fraction of sp³-hybridized carbons (Fsp3) is 1.00. The van der Waals surface area contributed by atoms with Gasteiger partial charge in [-0.25, -0.2) is 0 Å². The van der Waals surface area contributed by atoms with Gasteiger partial charge in [0.2, 0.25) is 0 Å². The molecule has 0 bridgehead atoms. The van der Waals surface area contributed by atoms with Crippen LogP contribution in [-0.2, 0) is 0 Å². The topological polar surface area (TPSA) is 24.1 Å². The lowest BCUT2D eigenvalue weighted by Crippen LogP contribution is -2.33. The normalized spacial score (nSPS) is 38.2. The van der Waals surface area contributed by atoms with E-state index in [9.17, 15) is 0 Å². The van der Waals surface area contributed by atoms with E-state index in [2.05, 4.69) is 10.6 Å². The van der Waals surface area contributed by atoms with Crippen molar-refractivity contribution in [2.45, 2.75) is 102 Å². The van der Waals surface area contributed by atoms with Crippen LogP contribution in [0.15, 0.2) is 0 Å². The molecule has 3 fully saturated rings. The zero-order chi connectivity index (χ0) is 15.0. The monoisotopic (exact) mass is 306 g/mol. The average molecular weight is 307 g/mol. The van der Waals surface area contributed by atoms with E-state index in [1.54, 1.807) is 0 Å². The maximum Gasteiger partial charge on any atom is 0.00697 e. The minimum Gasteiger partial charge on any atom is -0.314 e. The Kier molecular flexibility index (Phi) is 7.07. The van der Waals surface area contributed by atoms with Crippen molar-refractivity contribution in [2.24, 2.45) is 11.8 Å². The van der Waals surface area contributed by atoms with Crippen molar-refractivity contribution >= 4 is 0 Å². The Hall–Kier alpha value is -0.0800. The van der Waals surface area contributed by atoms with Gasteiger partial charge in [-0.05, 0) is 63.5 Å².